The van der Waals surface area contributed by atoms with Crippen molar-refractivity contribution in [3.8, 4) is 5.75 Å². The third kappa shape index (κ3) is 3.18. The third-order valence-corrected chi connectivity index (χ3v) is 5.30. The van der Waals surface area contributed by atoms with Crippen LogP contribution in [0.5, 0.6) is 5.75 Å². The van der Waals surface area contributed by atoms with Gasteiger partial charge in [-0.25, -0.2) is 0 Å². The highest BCUT2D eigenvalue weighted by molar-refractivity contribution is 6.31. The normalized spacial score (nSPS) is 28.4. The fraction of sp³-hybridized carbons (Fsp3) is 0.588. The Balaban J connectivity index is 1.56. The van der Waals surface area contributed by atoms with Crippen molar-refractivity contribution in [2.45, 2.75) is 51.7 Å². The van der Waals surface area contributed by atoms with E-state index in [1.807, 2.05) is 13.0 Å². The molecule has 0 aromatic heterocycles. The van der Waals surface area contributed by atoms with Gasteiger partial charge in [-0.3, -0.25) is 4.79 Å². The van der Waals surface area contributed by atoms with E-state index >= 15 is 0 Å². The molecule has 0 heterocycles. The van der Waals surface area contributed by atoms with Crippen LogP contribution in [0.4, 0.5) is 0 Å². The van der Waals surface area contributed by atoms with Crippen molar-refractivity contribution in [1.82, 2.24) is 5.32 Å². The summed E-state index contributed by atoms with van der Waals surface area (Å²) in [5.74, 6) is 2.19. The Bertz CT molecular complexity index is 546. The average Bonchev–Trinajstić information content (AvgIpc) is 3.05. The first-order valence-electron chi connectivity index (χ1n) is 7.76. The fourth-order valence-corrected chi connectivity index (χ4v) is 3.79. The van der Waals surface area contributed by atoms with Crippen LogP contribution in [0.2, 0.25) is 5.02 Å². The first-order valence-corrected chi connectivity index (χ1v) is 8.14. The maximum atomic E-state index is 12.3. The van der Waals surface area contributed by atoms with Gasteiger partial charge in [-0.1, -0.05) is 18.0 Å². The van der Waals surface area contributed by atoms with Crippen LogP contribution in [-0.4, -0.2) is 18.1 Å². The van der Waals surface area contributed by atoms with Crippen molar-refractivity contribution in [1.29, 1.82) is 0 Å². The minimum absolute atomic E-state index is 0.0137. The average molecular weight is 308 g/mol. The molecule has 2 aliphatic carbocycles. The predicted octanol–water partition coefficient (Wildman–Crippen LogP) is 3.72. The number of aryl methyl sites for hydroxylation is 1. The van der Waals surface area contributed by atoms with Crippen molar-refractivity contribution in [3.05, 3.63) is 28.8 Å². The van der Waals surface area contributed by atoms with Crippen LogP contribution in [0.15, 0.2) is 18.2 Å². The number of rotatable bonds is 4. The molecule has 2 saturated carbocycles. The number of benzene rings is 1. The van der Waals surface area contributed by atoms with E-state index in [1.165, 1.54) is 19.3 Å². The summed E-state index contributed by atoms with van der Waals surface area (Å²) in [5, 5.41) is 3.88. The second-order valence-corrected chi connectivity index (χ2v) is 6.87. The summed E-state index contributed by atoms with van der Waals surface area (Å²) in [7, 11) is 0. The monoisotopic (exact) mass is 307 g/mol. The molecule has 3 rings (SSSR count). The van der Waals surface area contributed by atoms with E-state index in [-0.39, 0.29) is 5.91 Å². The van der Waals surface area contributed by atoms with Crippen LogP contribution in [0.1, 0.15) is 38.2 Å². The predicted molar refractivity (Wildman–Crippen MR) is 83.7 cm³/mol. The lowest BCUT2D eigenvalue weighted by Gasteiger charge is -2.25. The highest BCUT2D eigenvalue weighted by Gasteiger charge is 2.40. The molecule has 1 amide bonds. The molecule has 4 atom stereocenters. The molecule has 0 saturated heterocycles. The SMILES string of the molecule is Cc1cc(OC(C)C(=O)NC2CC3CCC2C3)ccc1Cl. The molecule has 3 nitrogen and oxygen atoms in total. The molecular weight excluding hydrogens is 286 g/mol. The minimum atomic E-state index is -0.482. The van der Waals surface area contributed by atoms with E-state index in [0.717, 1.165) is 17.9 Å². The van der Waals surface area contributed by atoms with Crippen molar-refractivity contribution < 1.29 is 9.53 Å². The van der Waals surface area contributed by atoms with E-state index < -0.39 is 6.10 Å². The quantitative estimate of drug-likeness (QED) is 0.920. The highest BCUT2D eigenvalue weighted by atomic mass is 35.5. The van der Waals surface area contributed by atoms with Gasteiger partial charge in [0, 0.05) is 11.1 Å². The molecule has 114 valence electrons. The molecule has 0 radical (unpaired) electrons. The maximum Gasteiger partial charge on any atom is 0.261 e. The van der Waals surface area contributed by atoms with Gasteiger partial charge in [-0.05, 0) is 68.7 Å². The van der Waals surface area contributed by atoms with Crippen molar-refractivity contribution in [3.63, 3.8) is 0 Å². The lowest BCUT2D eigenvalue weighted by atomic mass is 9.95. The summed E-state index contributed by atoms with van der Waals surface area (Å²) >= 11 is 5.99. The summed E-state index contributed by atoms with van der Waals surface area (Å²) in [6.45, 7) is 3.72. The Morgan fingerprint density at radius 1 is 1.38 bits per heavy atom. The Kier molecular flexibility index (Phi) is 4.12. The Morgan fingerprint density at radius 3 is 2.81 bits per heavy atom. The summed E-state index contributed by atoms with van der Waals surface area (Å²) in [4.78, 5) is 12.3. The van der Waals surface area contributed by atoms with Crippen LogP contribution in [0.25, 0.3) is 0 Å². The van der Waals surface area contributed by atoms with Crippen LogP contribution >= 0.6 is 11.6 Å². The standard InChI is InChI=1S/C17H22ClNO2/c1-10-7-14(5-6-15(10)18)21-11(2)17(20)19-16-9-12-3-4-13(16)8-12/h5-7,11-13,16H,3-4,8-9H2,1-2H3,(H,19,20). The summed E-state index contributed by atoms with van der Waals surface area (Å²) in [6, 6.07) is 5.82. The van der Waals surface area contributed by atoms with Gasteiger partial charge in [0.25, 0.3) is 5.91 Å². The largest absolute Gasteiger partial charge is 0.481 e. The van der Waals surface area contributed by atoms with Crippen LogP contribution < -0.4 is 10.1 Å². The lowest BCUT2D eigenvalue weighted by molar-refractivity contribution is -0.128. The third-order valence-electron chi connectivity index (χ3n) is 4.88. The number of carbonyl (C=O) groups excluding carboxylic acids is 1. The second-order valence-electron chi connectivity index (χ2n) is 6.46. The van der Waals surface area contributed by atoms with Crippen molar-refractivity contribution in [2.24, 2.45) is 11.8 Å². The summed E-state index contributed by atoms with van der Waals surface area (Å²) < 4.78 is 5.73. The number of halogens is 1. The van der Waals surface area contributed by atoms with Gasteiger partial charge in [0.05, 0.1) is 0 Å². The number of fused-ring (bicyclic) bond motifs is 2. The zero-order chi connectivity index (χ0) is 15.0. The minimum Gasteiger partial charge on any atom is -0.481 e. The first kappa shape index (κ1) is 14.7. The van der Waals surface area contributed by atoms with Crippen molar-refractivity contribution >= 4 is 17.5 Å². The molecule has 21 heavy (non-hydrogen) atoms. The van der Waals surface area contributed by atoms with E-state index in [2.05, 4.69) is 5.32 Å². The molecule has 0 spiro atoms. The van der Waals surface area contributed by atoms with Gasteiger partial charge >= 0.3 is 0 Å². The second kappa shape index (κ2) is 5.88. The molecule has 1 aromatic rings. The van der Waals surface area contributed by atoms with Crippen molar-refractivity contribution in [2.75, 3.05) is 0 Å². The molecule has 1 N–H and O–H groups in total. The molecule has 1 aromatic carbocycles. The number of hydrogen-bond donors (Lipinski definition) is 1. The van der Waals surface area contributed by atoms with Crippen LogP contribution in [-0.2, 0) is 4.79 Å². The Hall–Kier alpha value is -1.22. The summed E-state index contributed by atoms with van der Waals surface area (Å²) in [6.07, 6.45) is 4.55. The number of ether oxygens (including phenoxy) is 1. The highest BCUT2D eigenvalue weighted by Crippen LogP contribution is 2.44. The van der Waals surface area contributed by atoms with Gasteiger partial charge < -0.3 is 10.1 Å². The Labute approximate surface area is 131 Å². The molecule has 2 bridgehead atoms. The van der Waals surface area contributed by atoms with Gasteiger partial charge in [0.1, 0.15) is 5.75 Å². The smallest absolute Gasteiger partial charge is 0.261 e. The Morgan fingerprint density at radius 2 is 2.19 bits per heavy atom. The number of hydrogen-bond acceptors (Lipinski definition) is 2. The summed E-state index contributed by atoms with van der Waals surface area (Å²) in [5.41, 5.74) is 0.954. The zero-order valence-corrected chi connectivity index (χ0v) is 13.3. The number of carbonyl (C=O) groups is 1. The molecule has 0 aliphatic heterocycles. The van der Waals surface area contributed by atoms with E-state index in [0.29, 0.717) is 22.7 Å². The zero-order valence-electron chi connectivity index (χ0n) is 12.6. The maximum absolute atomic E-state index is 12.3. The molecule has 2 fully saturated rings. The molecule has 4 heteroatoms. The van der Waals surface area contributed by atoms with E-state index in [1.54, 1.807) is 19.1 Å². The van der Waals surface area contributed by atoms with Crippen LogP contribution in [0, 0.1) is 18.8 Å². The molecule has 4 unspecified atom stereocenters. The first-order chi connectivity index (χ1) is 10.0. The lowest BCUT2D eigenvalue weighted by Crippen LogP contribution is -2.44. The van der Waals surface area contributed by atoms with E-state index in [4.69, 9.17) is 16.3 Å². The van der Waals surface area contributed by atoms with Gasteiger partial charge in [0.15, 0.2) is 6.10 Å². The van der Waals surface area contributed by atoms with Gasteiger partial charge in [-0.15, -0.1) is 0 Å². The van der Waals surface area contributed by atoms with Crippen LogP contribution in [0.3, 0.4) is 0 Å². The van der Waals surface area contributed by atoms with Gasteiger partial charge in [0.2, 0.25) is 0 Å². The van der Waals surface area contributed by atoms with E-state index in [9.17, 15) is 4.79 Å². The van der Waals surface area contributed by atoms with Gasteiger partial charge in [-0.2, -0.15) is 0 Å². The molecule has 2 aliphatic rings. The number of amides is 1. The molecular formula is C17H22ClNO2. The fourth-order valence-electron chi connectivity index (χ4n) is 3.67. The topological polar surface area (TPSA) is 38.3 Å². The number of nitrogens with one attached hydrogen (secondary N) is 1.